The van der Waals surface area contributed by atoms with E-state index in [4.69, 9.17) is 4.74 Å². The van der Waals surface area contributed by atoms with Crippen molar-refractivity contribution in [3.63, 3.8) is 0 Å². The molecule has 2 aliphatic rings. The number of carbonyl (C=O) groups excluding carboxylic acids is 2. The average molecular weight is 480 g/mol. The Kier molecular flexibility index (Phi) is 7.70. The predicted octanol–water partition coefficient (Wildman–Crippen LogP) is 3.07. The number of nitrogens with zero attached hydrogens (tertiary/aromatic N) is 1. The fraction of sp³-hybridized carbons (Fsp3) is 0.444. The van der Waals surface area contributed by atoms with E-state index in [1.807, 2.05) is 43.3 Å². The monoisotopic (exact) mass is 479 g/mol. The van der Waals surface area contributed by atoms with Crippen molar-refractivity contribution in [2.24, 2.45) is 11.8 Å². The van der Waals surface area contributed by atoms with Gasteiger partial charge in [0, 0.05) is 19.0 Å². The summed E-state index contributed by atoms with van der Waals surface area (Å²) in [6, 6.07) is 15.4. The summed E-state index contributed by atoms with van der Waals surface area (Å²) in [6.07, 6.45) is 1.60. The van der Waals surface area contributed by atoms with Crippen molar-refractivity contribution in [3.8, 4) is 11.1 Å². The molecule has 0 spiro atoms. The summed E-state index contributed by atoms with van der Waals surface area (Å²) in [4.78, 5) is 38.8. The zero-order valence-electron chi connectivity index (χ0n) is 20.2. The Labute approximate surface area is 205 Å². The van der Waals surface area contributed by atoms with Gasteiger partial charge < -0.3 is 25.4 Å². The van der Waals surface area contributed by atoms with E-state index in [0.717, 1.165) is 35.1 Å². The highest BCUT2D eigenvalue weighted by Gasteiger charge is 2.34. The van der Waals surface area contributed by atoms with Gasteiger partial charge in [-0.05, 0) is 55.1 Å². The molecular weight excluding hydrogens is 446 g/mol. The molecule has 1 fully saturated rings. The third-order valence-electron chi connectivity index (χ3n) is 7.01. The summed E-state index contributed by atoms with van der Waals surface area (Å²) in [5.41, 5.74) is 4.53. The number of likely N-dealkylation sites (N-methyl/N-ethyl adjacent to an activating group) is 1. The van der Waals surface area contributed by atoms with E-state index in [-0.39, 0.29) is 30.9 Å². The first-order valence-electron chi connectivity index (χ1n) is 12.1. The molecule has 0 heterocycles. The van der Waals surface area contributed by atoms with Crippen LogP contribution in [0.3, 0.4) is 0 Å². The van der Waals surface area contributed by atoms with Gasteiger partial charge in [-0.1, -0.05) is 55.0 Å². The normalized spacial score (nSPS) is 19.6. The standard InChI is InChI=1S/C27H33N3O5/c1-30(2)15-24(25(31)28-14-17-8-7-13-18(17)26(32)33)29-27(34)35-16-23-21-11-5-3-9-19(21)20-10-4-6-12-22(20)23/h3-6,9-12,17-18,23-24H,7-8,13-16H2,1-2H3,(H,28,31)(H,29,34)(H,32,33). The number of aliphatic carboxylic acids is 1. The zero-order valence-corrected chi connectivity index (χ0v) is 20.2. The molecule has 0 saturated heterocycles. The Morgan fingerprint density at radius 3 is 2.26 bits per heavy atom. The molecule has 8 heteroatoms. The second-order valence-corrected chi connectivity index (χ2v) is 9.67. The van der Waals surface area contributed by atoms with Crippen molar-refractivity contribution < 1.29 is 24.2 Å². The summed E-state index contributed by atoms with van der Waals surface area (Å²) in [5, 5.41) is 14.9. The van der Waals surface area contributed by atoms with E-state index in [1.165, 1.54) is 0 Å². The minimum absolute atomic E-state index is 0.0652. The Hall–Kier alpha value is -3.39. The van der Waals surface area contributed by atoms with Gasteiger partial charge in [0.2, 0.25) is 5.91 Å². The number of carboxylic acids is 1. The van der Waals surface area contributed by atoms with Gasteiger partial charge in [0.1, 0.15) is 12.6 Å². The highest BCUT2D eigenvalue weighted by Crippen LogP contribution is 2.44. The fourth-order valence-corrected chi connectivity index (χ4v) is 5.30. The van der Waals surface area contributed by atoms with Crippen molar-refractivity contribution in [1.29, 1.82) is 0 Å². The van der Waals surface area contributed by atoms with Crippen LogP contribution in [0.1, 0.15) is 36.3 Å². The maximum absolute atomic E-state index is 12.9. The second kappa shape index (κ2) is 10.9. The minimum atomic E-state index is -0.816. The number of carbonyl (C=O) groups is 3. The van der Waals surface area contributed by atoms with Crippen LogP contribution in [-0.2, 0) is 14.3 Å². The quantitative estimate of drug-likeness (QED) is 0.510. The molecule has 2 amide bonds. The number of ether oxygens (including phenoxy) is 1. The SMILES string of the molecule is CN(C)CC(NC(=O)OCC1c2ccccc2-c2ccccc21)C(=O)NCC1CCCC1C(=O)O. The van der Waals surface area contributed by atoms with Crippen molar-refractivity contribution in [2.45, 2.75) is 31.2 Å². The second-order valence-electron chi connectivity index (χ2n) is 9.67. The molecule has 2 aliphatic carbocycles. The number of fused-ring (bicyclic) bond motifs is 3. The molecule has 2 aromatic rings. The number of nitrogens with one attached hydrogen (secondary N) is 2. The molecule has 4 rings (SSSR count). The fourth-order valence-electron chi connectivity index (χ4n) is 5.30. The summed E-state index contributed by atoms with van der Waals surface area (Å²) in [5.74, 6) is -1.75. The minimum Gasteiger partial charge on any atom is -0.481 e. The molecule has 1 saturated carbocycles. The first-order chi connectivity index (χ1) is 16.8. The average Bonchev–Trinajstić information content (AvgIpc) is 3.43. The highest BCUT2D eigenvalue weighted by atomic mass is 16.5. The maximum Gasteiger partial charge on any atom is 0.407 e. The Balaban J connectivity index is 1.36. The van der Waals surface area contributed by atoms with Gasteiger partial charge in [-0.25, -0.2) is 4.79 Å². The Bertz CT molecular complexity index is 1040. The van der Waals surface area contributed by atoms with E-state index in [2.05, 4.69) is 34.9 Å². The lowest BCUT2D eigenvalue weighted by Gasteiger charge is -2.23. The predicted molar refractivity (Wildman–Crippen MR) is 132 cm³/mol. The van der Waals surface area contributed by atoms with E-state index in [0.29, 0.717) is 13.0 Å². The summed E-state index contributed by atoms with van der Waals surface area (Å²) >= 11 is 0. The first kappa shape index (κ1) is 24.7. The zero-order chi connectivity index (χ0) is 24.9. The van der Waals surface area contributed by atoms with Crippen LogP contribution in [0, 0.1) is 11.8 Å². The molecule has 3 unspecified atom stereocenters. The van der Waals surface area contributed by atoms with Crippen LogP contribution in [0.5, 0.6) is 0 Å². The Morgan fingerprint density at radius 2 is 1.66 bits per heavy atom. The van der Waals surface area contributed by atoms with Crippen molar-refractivity contribution >= 4 is 18.0 Å². The smallest absolute Gasteiger partial charge is 0.407 e. The molecular formula is C27H33N3O5. The number of hydrogen-bond donors (Lipinski definition) is 3. The van der Waals surface area contributed by atoms with Gasteiger partial charge in [0.15, 0.2) is 0 Å². The molecule has 0 bridgehead atoms. The number of carboxylic acid groups (broad SMARTS) is 1. The number of benzene rings is 2. The van der Waals surface area contributed by atoms with Crippen LogP contribution in [0.4, 0.5) is 4.79 Å². The van der Waals surface area contributed by atoms with Crippen LogP contribution >= 0.6 is 0 Å². The lowest BCUT2D eigenvalue weighted by molar-refractivity contribution is -0.143. The highest BCUT2D eigenvalue weighted by molar-refractivity contribution is 5.86. The van der Waals surface area contributed by atoms with E-state index >= 15 is 0 Å². The lowest BCUT2D eigenvalue weighted by Crippen LogP contribution is -2.52. The van der Waals surface area contributed by atoms with Gasteiger partial charge >= 0.3 is 12.1 Å². The largest absolute Gasteiger partial charge is 0.481 e. The molecule has 3 atom stereocenters. The van der Waals surface area contributed by atoms with Crippen LogP contribution in [0.15, 0.2) is 48.5 Å². The molecule has 3 N–H and O–H groups in total. The number of hydrogen-bond acceptors (Lipinski definition) is 5. The third kappa shape index (κ3) is 5.65. The van der Waals surface area contributed by atoms with Crippen LogP contribution < -0.4 is 10.6 Å². The maximum atomic E-state index is 12.9. The molecule has 0 radical (unpaired) electrons. The number of amides is 2. The van der Waals surface area contributed by atoms with Crippen molar-refractivity contribution in [1.82, 2.24) is 15.5 Å². The summed E-state index contributed by atoms with van der Waals surface area (Å²) in [6.45, 7) is 0.744. The van der Waals surface area contributed by atoms with Crippen molar-refractivity contribution in [2.75, 3.05) is 33.8 Å². The van der Waals surface area contributed by atoms with Gasteiger partial charge in [-0.15, -0.1) is 0 Å². The van der Waals surface area contributed by atoms with E-state index in [9.17, 15) is 19.5 Å². The van der Waals surface area contributed by atoms with Crippen LogP contribution in [0.25, 0.3) is 11.1 Å². The molecule has 8 nitrogen and oxygen atoms in total. The third-order valence-corrected chi connectivity index (χ3v) is 7.01. The van der Waals surface area contributed by atoms with Crippen LogP contribution in [-0.4, -0.2) is 67.8 Å². The molecule has 2 aromatic carbocycles. The molecule has 0 aromatic heterocycles. The van der Waals surface area contributed by atoms with E-state index < -0.39 is 24.0 Å². The van der Waals surface area contributed by atoms with Gasteiger partial charge in [-0.2, -0.15) is 0 Å². The summed E-state index contributed by atoms with van der Waals surface area (Å²) in [7, 11) is 3.63. The summed E-state index contributed by atoms with van der Waals surface area (Å²) < 4.78 is 5.60. The van der Waals surface area contributed by atoms with E-state index in [1.54, 1.807) is 0 Å². The lowest BCUT2D eigenvalue weighted by atomic mass is 9.96. The molecule has 186 valence electrons. The van der Waals surface area contributed by atoms with Gasteiger partial charge in [0.05, 0.1) is 5.92 Å². The topological polar surface area (TPSA) is 108 Å². The number of rotatable bonds is 9. The van der Waals surface area contributed by atoms with Crippen LogP contribution in [0.2, 0.25) is 0 Å². The molecule has 35 heavy (non-hydrogen) atoms. The first-order valence-corrected chi connectivity index (χ1v) is 12.1. The number of alkyl carbamates (subject to hydrolysis) is 1. The van der Waals surface area contributed by atoms with Gasteiger partial charge in [0.25, 0.3) is 0 Å². The Morgan fingerprint density at radius 1 is 1.03 bits per heavy atom. The molecule has 0 aliphatic heterocycles. The van der Waals surface area contributed by atoms with Gasteiger partial charge in [-0.3, -0.25) is 9.59 Å². The van der Waals surface area contributed by atoms with Crippen molar-refractivity contribution in [3.05, 3.63) is 59.7 Å².